The van der Waals surface area contributed by atoms with Crippen LogP contribution in [-0.2, 0) is 6.42 Å². The molecule has 2 N–H and O–H groups in total. The molecule has 0 spiro atoms. The molecule has 2 heteroatoms. The molecule has 12 heavy (non-hydrogen) atoms. The highest BCUT2D eigenvalue weighted by atomic mass is 19.1. The Kier molecular flexibility index (Phi) is 2.82. The predicted molar refractivity (Wildman–Crippen MR) is 48.4 cm³/mol. The van der Waals surface area contributed by atoms with E-state index >= 15 is 0 Å². The number of rotatable bonds is 2. The van der Waals surface area contributed by atoms with Crippen LogP contribution in [0.4, 0.5) is 4.39 Å². The fourth-order valence-electron chi connectivity index (χ4n) is 1.37. The van der Waals surface area contributed by atoms with E-state index in [4.69, 9.17) is 5.73 Å². The van der Waals surface area contributed by atoms with Crippen LogP contribution in [0.5, 0.6) is 0 Å². The maximum Gasteiger partial charge on any atom is 0.126 e. The lowest BCUT2D eigenvalue weighted by Gasteiger charge is -2.11. The van der Waals surface area contributed by atoms with Gasteiger partial charge < -0.3 is 5.73 Å². The van der Waals surface area contributed by atoms with Gasteiger partial charge in [-0.05, 0) is 30.5 Å². The molecule has 0 amide bonds. The SMILES string of the molecule is CCc1c(F)cccc1[C@@H](C)N. The average molecular weight is 167 g/mol. The highest BCUT2D eigenvalue weighted by Crippen LogP contribution is 2.19. The van der Waals surface area contributed by atoms with E-state index in [0.29, 0.717) is 6.42 Å². The van der Waals surface area contributed by atoms with Crippen LogP contribution in [-0.4, -0.2) is 0 Å². The lowest BCUT2D eigenvalue weighted by atomic mass is 10.00. The van der Waals surface area contributed by atoms with Crippen molar-refractivity contribution in [2.75, 3.05) is 0 Å². The van der Waals surface area contributed by atoms with Gasteiger partial charge in [-0.1, -0.05) is 19.1 Å². The molecule has 66 valence electrons. The van der Waals surface area contributed by atoms with Crippen LogP contribution in [0.1, 0.15) is 31.0 Å². The molecule has 0 saturated heterocycles. The maximum absolute atomic E-state index is 13.2. The summed E-state index contributed by atoms with van der Waals surface area (Å²) in [5, 5.41) is 0. The summed E-state index contributed by atoms with van der Waals surface area (Å²) in [6.45, 7) is 3.80. The minimum atomic E-state index is -0.146. The number of halogens is 1. The van der Waals surface area contributed by atoms with Crippen LogP contribution in [0.3, 0.4) is 0 Å². The Labute approximate surface area is 72.4 Å². The first-order chi connectivity index (χ1) is 5.66. The van der Waals surface area contributed by atoms with E-state index in [1.54, 1.807) is 6.07 Å². The van der Waals surface area contributed by atoms with Gasteiger partial charge in [0.05, 0.1) is 0 Å². The summed E-state index contributed by atoms with van der Waals surface area (Å²) < 4.78 is 13.2. The molecular weight excluding hydrogens is 153 g/mol. The van der Waals surface area contributed by atoms with Gasteiger partial charge in [0.2, 0.25) is 0 Å². The van der Waals surface area contributed by atoms with E-state index in [0.717, 1.165) is 11.1 Å². The molecule has 0 bridgehead atoms. The fourth-order valence-corrected chi connectivity index (χ4v) is 1.37. The minimum absolute atomic E-state index is 0.0874. The predicted octanol–water partition coefficient (Wildman–Crippen LogP) is 2.41. The molecule has 0 radical (unpaired) electrons. The third-order valence-electron chi connectivity index (χ3n) is 2.00. The Morgan fingerprint density at radius 2 is 2.17 bits per heavy atom. The molecule has 0 saturated carbocycles. The van der Waals surface area contributed by atoms with Crippen molar-refractivity contribution in [2.45, 2.75) is 26.3 Å². The molecule has 0 aliphatic carbocycles. The van der Waals surface area contributed by atoms with Crippen molar-refractivity contribution in [1.29, 1.82) is 0 Å². The second-order valence-corrected chi connectivity index (χ2v) is 2.95. The third-order valence-corrected chi connectivity index (χ3v) is 2.00. The molecule has 1 nitrogen and oxygen atoms in total. The maximum atomic E-state index is 13.2. The van der Waals surface area contributed by atoms with Crippen LogP contribution >= 0.6 is 0 Å². The molecule has 1 atom stereocenters. The van der Waals surface area contributed by atoms with Gasteiger partial charge in [-0.2, -0.15) is 0 Å². The van der Waals surface area contributed by atoms with Gasteiger partial charge in [-0.25, -0.2) is 4.39 Å². The van der Waals surface area contributed by atoms with Crippen LogP contribution in [0.25, 0.3) is 0 Å². The molecule has 0 unspecified atom stereocenters. The van der Waals surface area contributed by atoms with Gasteiger partial charge in [0, 0.05) is 6.04 Å². The zero-order valence-corrected chi connectivity index (χ0v) is 7.47. The highest BCUT2D eigenvalue weighted by Gasteiger charge is 2.08. The molecule has 0 aliphatic heterocycles. The monoisotopic (exact) mass is 167 g/mol. The quantitative estimate of drug-likeness (QED) is 0.719. The van der Waals surface area contributed by atoms with Crippen LogP contribution in [0.2, 0.25) is 0 Å². The molecule has 1 rings (SSSR count). The molecule has 0 fully saturated rings. The standard InChI is InChI=1S/C10H14FN/c1-3-8-9(7(2)12)5-4-6-10(8)11/h4-7H,3,12H2,1-2H3/t7-/m1/s1. The average Bonchev–Trinajstić information content (AvgIpc) is 2.03. The summed E-state index contributed by atoms with van der Waals surface area (Å²) in [5.74, 6) is -0.146. The second-order valence-electron chi connectivity index (χ2n) is 2.95. The summed E-state index contributed by atoms with van der Waals surface area (Å²) >= 11 is 0. The first-order valence-corrected chi connectivity index (χ1v) is 4.19. The third kappa shape index (κ3) is 1.64. The Morgan fingerprint density at radius 3 is 2.58 bits per heavy atom. The summed E-state index contributed by atoms with van der Waals surface area (Å²) in [6.07, 6.45) is 0.698. The molecule has 1 aromatic rings. The van der Waals surface area contributed by atoms with Crippen molar-refractivity contribution in [1.82, 2.24) is 0 Å². The molecule has 0 heterocycles. The van der Waals surface area contributed by atoms with Crippen LogP contribution in [0, 0.1) is 5.82 Å². The number of hydrogen-bond donors (Lipinski definition) is 1. The summed E-state index contributed by atoms with van der Waals surface area (Å²) in [6, 6.07) is 4.97. The molecule has 0 aliphatic rings. The van der Waals surface area contributed by atoms with Crippen molar-refractivity contribution < 1.29 is 4.39 Å². The first kappa shape index (κ1) is 9.20. The van der Waals surface area contributed by atoms with E-state index in [2.05, 4.69) is 0 Å². The van der Waals surface area contributed by atoms with E-state index in [-0.39, 0.29) is 11.9 Å². The Morgan fingerprint density at radius 1 is 1.50 bits per heavy atom. The van der Waals surface area contributed by atoms with Gasteiger partial charge in [-0.15, -0.1) is 0 Å². The van der Waals surface area contributed by atoms with Crippen molar-refractivity contribution in [3.8, 4) is 0 Å². The normalized spacial score (nSPS) is 13.0. The number of hydrogen-bond acceptors (Lipinski definition) is 1. The van der Waals surface area contributed by atoms with Gasteiger partial charge >= 0.3 is 0 Å². The van der Waals surface area contributed by atoms with Gasteiger partial charge in [0.1, 0.15) is 5.82 Å². The van der Waals surface area contributed by atoms with Crippen molar-refractivity contribution in [3.63, 3.8) is 0 Å². The smallest absolute Gasteiger partial charge is 0.126 e. The van der Waals surface area contributed by atoms with E-state index in [1.807, 2.05) is 19.9 Å². The number of nitrogens with two attached hydrogens (primary N) is 1. The topological polar surface area (TPSA) is 26.0 Å². The zero-order chi connectivity index (χ0) is 9.14. The Hall–Kier alpha value is -0.890. The second kappa shape index (κ2) is 3.68. The molecular formula is C10H14FN. The molecule has 0 aromatic heterocycles. The lowest BCUT2D eigenvalue weighted by Crippen LogP contribution is -2.09. The largest absolute Gasteiger partial charge is 0.324 e. The Balaban J connectivity index is 3.18. The van der Waals surface area contributed by atoms with Gasteiger partial charge in [-0.3, -0.25) is 0 Å². The van der Waals surface area contributed by atoms with Crippen LogP contribution in [0.15, 0.2) is 18.2 Å². The summed E-state index contributed by atoms with van der Waals surface area (Å²) in [7, 11) is 0. The van der Waals surface area contributed by atoms with E-state index in [1.165, 1.54) is 6.07 Å². The van der Waals surface area contributed by atoms with Crippen molar-refractivity contribution in [3.05, 3.63) is 35.1 Å². The lowest BCUT2D eigenvalue weighted by molar-refractivity contribution is 0.604. The summed E-state index contributed by atoms with van der Waals surface area (Å²) in [4.78, 5) is 0. The van der Waals surface area contributed by atoms with Crippen molar-refractivity contribution >= 4 is 0 Å². The first-order valence-electron chi connectivity index (χ1n) is 4.19. The highest BCUT2D eigenvalue weighted by molar-refractivity contribution is 5.30. The molecule has 1 aromatic carbocycles. The van der Waals surface area contributed by atoms with Gasteiger partial charge in [0.15, 0.2) is 0 Å². The summed E-state index contributed by atoms with van der Waals surface area (Å²) in [5.41, 5.74) is 7.35. The van der Waals surface area contributed by atoms with Crippen LogP contribution < -0.4 is 5.73 Å². The fraction of sp³-hybridized carbons (Fsp3) is 0.400. The minimum Gasteiger partial charge on any atom is -0.324 e. The van der Waals surface area contributed by atoms with E-state index in [9.17, 15) is 4.39 Å². The number of benzene rings is 1. The Bertz CT molecular complexity index is 269. The van der Waals surface area contributed by atoms with Gasteiger partial charge in [0.25, 0.3) is 0 Å². The van der Waals surface area contributed by atoms with E-state index < -0.39 is 0 Å². The zero-order valence-electron chi connectivity index (χ0n) is 7.47. The van der Waals surface area contributed by atoms with Crippen molar-refractivity contribution in [2.24, 2.45) is 5.73 Å².